The zero-order valence-electron chi connectivity index (χ0n) is 15.0. The fraction of sp³-hybridized carbons (Fsp3) is 0.0476. The number of carbonyl (C=O) groups excluding carboxylic acids is 2. The Bertz CT molecular complexity index is 1020. The van der Waals surface area contributed by atoms with Gasteiger partial charge in [-0.25, -0.2) is 5.43 Å². The van der Waals surface area contributed by atoms with Gasteiger partial charge in [-0.3, -0.25) is 14.6 Å². The number of pyridine rings is 1. The highest BCUT2D eigenvalue weighted by Gasteiger charge is 2.08. The maximum Gasteiger partial charge on any atom is 0.271 e. The van der Waals surface area contributed by atoms with Gasteiger partial charge in [0.2, 0.25) is 0 Å². The highest BCUT2D eigenvalue weighted by molar-refractivity contribution is 6.30. The number of benzene rings is 2. The lowest BCUT2D eigenvalue weighted by Gasteiger charge is -2.08. The third-order valence-electron chi connectivity index (χ3n) is 3.89. The summed E-state index contributed by atoms with van der Waals surface area (Å²) in [5, 5.41) is 7.51. The topological polar surface area (TPSA) is 83.5 Å². The van der Waals surface area contributed by atoms with Gasteiger partial charge in [-0.2, -0.15) is 5.10 Å². The Balaban J connectivity index is 1.68. The number of amides is 2. The van der Waals surface area contributed by atoms with E-state index in [1.54, 1.807) is 67.7 Å². The Morgan fingerprint density at radius 2 is 1.68 bits per heavy atom. The first-order chi connectivity index (χ1) is 13.5. The average molecular weight is 393 g/mol. The first-order valence-corrected chi connectivity index (χ1v) is 8.83. The second kappa shape index (κ2) is 8.92. The smallest absolute Gasteiger partial charge is 0.271 e. The third-order valence-corrected chi connectivity index (χ3v) is 4.15. The van der Waals surface area contributed by atoms with Gasteiger partial charge in [-0.1, -0.05) is 23.7 Å². The predicted octanol–water partition coefficient (Wildman–Crippen LogP) is 4.14. The number of anilines is 1. The molecule has 0 fully saturated rings. The molecule has 0 spiro atoms. The monoisotopic (exact) mass is 392 g/mol. The molecule has 1 aromatic heterocycles. The summed E-state index contributed by atoms with van der Waals surface area (Å²) in [6.45, 7) is 1.77. The van der Waals surface area contributed by atoms with E-state index in [4.69, 9.17) is 11.6 Å². The van der Waals surface area contributed by atoms with Gasteiger partial charge in [0.15, 0.2) is 0 Å². The van der Waals surface area contributed by atoms with E-state index in [0.29, 0.717) is 27.5 Å². The van der Waals surface area contributed by atoms with Crippen LogP contribution in [0.5, 0.6) is 0 Å². The molecular formula is C21H17ClN4O2. The maximum absolute atomic E-state index is 12.2. The fourth-order valence-electron chi connectivity index (χ4n) is 2.39. The van der Waals surface area contributed by atoms with Crippen LogP contribution in [0.3, 0.4) is 0 Å². The van der Waals surface area contributed by atoms with Crippen LogP contribution in [0.2, 0.25) is 5.02 Å². The van der Waals surface area contributed by atoms with Crippen molar-refractivity contribution in [2.45, 2.75) is 6.92 Å². The van der Waals surface area contributed by atoms with E-state index in [1.807, 2.05) is 6.07 Å². The molecule has 0 unspecified atom stereocenters. The van der Waals surface area contributed by atoms with E-state index in [2.05, 4.69) is 20.8 Å². The summed E-state index contributed by atoms with van der Waals surface area (Å²) in [4.78, 5) is 28.3. The van der Waals surface area contributed by atoms with Gasteiger partial charge < -0.3 is 5.32 Å². The number of aromatic nitrogens is 1. The van der Waals surface area contributed by atoms with Crippen molar-refractivity contribution in [1.82, 2.24) is 10.4 Å². The van der Waals surface area contributed by atoms with E-state index >= 15 is 0 Å². The zero-order chi connectivity index (χ0) is 19.9. The first-order valence-electron chi connectivity index (χ1n) is 8.45. The van der Waals surface area contributed by atoms with Crippen LogP contribution >= 0.6 is 11.6 Å². The molecule has 3 rings (SSSR count). The Kier molecular flexibility index (Phi) is 6.14. The van der Waals surface area contributed by atoms with E-state index in [-0.39, 0.29) is 11.8 Å². The molecule has 140 valence electrons. The molecule has 0 bridgehead atoms. The van der Waals surface area contributed by atoms with Crippen LogP contribution in [-0.4, -0.2) is 22.5 Å². The van der Waals surface area contributed by atoms with Gasteiger partial charge in [0.1, 0.15) is 0 Å². The highest BCUT2D eigenvalue weighted by Crippen LogP contribution is 2.13. The summed E-state index contributed by atoms with van der Waals surface area (Å²) in [6.07, 6.45) is 3.10. The molecule has 6 nitrogen and oxygen atoms in total. The predicted molar refractivity (Wildman–Crippen MR) is 110 cm³/mol. The fourth-order valence-corrected chi connectivity index (χ4v) is 2.51. The Hall–Kier alpha value is -3.51. The van der Waals surface area contributed by atoms with Gasteiger partial charge in [-0.15, -0.1) is 0 Å². The van der Waals surface area contributed by atoms with Crippen molar-refractivity contribution in [2.75, 3.05) is 5.32 Å². The largest absolute Gasteiger partial charge is 0.322 e. The molecule has 28 heavy (non-hydrogen) atoms. The van der Waals surface area contributed by atoms with E-state index in [0.717, 1.165) is 5.56 Å². The van der Waals surface area contributed by atoms with Crippen LogP contribution in [0.4, 0.5) is 5.69 Å². The van der Waals surface area contributed by atoms with Gasteiger partial charge in [0.25, 0.3) is 11.8 Å². The van der Waals surface area contributed by atoms with Crippen molar-refractivity contribution in [2.24, 2.45) is 5.10 Å². The summed E-state index contributed by atoms with van der Waals surface area (Å²) in [7, 11) is 0. The number of nitrogens with zero attached hydrogens (tertiary/aromatic N) is 2. The highest BCUT2D eigenvalue weighted by atomic mass is 35.5. The molecule has 0 aliphatic heterocycles. The molecule has 3 aromatic rings. The minimum absolute atomic E-state index is 0.254. The quantitative estimate of drug-likeness (QED) is 0.505. The number of rotatable bonds is 5. The van der Waals surface area contributed by atoms with Crippen LogP contribution in [0, 0.1) is 0 Å². The number of hydrazone groups is 1. The molecule has 0 aliphatic carbocycles. The van der Waals surface area contributed by atoms with Gasteiger partial charge >= 0.3 is 0 Å². The lowest BCUT2D eigenvalue weighted by atomic mass is 10.1. The second-order valence-electron chi connectivity index (χ2n) is 5.92. The SMILES string of the molecule is C/C(=N\NC(=O)c1ccc(Cl)cc1)c1cccc(NC(=O)c2cccnc2)c1. The van der Waals surface area contributed by atoms with Crippen molar-refractivity contribution < 1.29 is 9.59 Å². The number of nitrogens with one attached hydrogen (secondary N) is 2. The molecule has 0 radical (unpaired) electrons. The van der Waals surface area contributed by atoms with E-state index < -0.39 is 0 Å². The Morgan fingerprint density at radius 3 is 2.39 bits per heavy atom. The molecule has 1 heterocycles. The minimum atomic E-state index is -0.336. The zero-order valence-corrected chi connectivity index (χ0v) is 15.8. The van der Waals surface area contributed by atoms with Gasteiger partial charge in [0, 0.05) is 28.7 Å². The Labute approximate surface area is 167 Å². The van der Waals surface area contributed by atoms with Crippen LogP contribution in [0.15, 0.2) is 78.2 Å². The molecule has 2 aromatic carbocycles. The van der Waals surface area contributed by atoms with Crippen LogP contribution in [0.1, 0.15) is 33.2 Å². The molecule has 7 heteroatoms. The molecule has 0 saturated heterocycles. The molecular weight excluding hydrogens is 376 g/mol. The lowest BCUT2D eigenvalue weighted by Crippen LogP contribution is -2.19. The lowest BCUT2D eigenvalue weighted by molar-refractivity contribution is 0.0954. The molecule has 0 aliphatic rings. The second-order valence-corrected chi connectivity index (χ2v) is 6.36. The van der Waals surface area contributed by atoms with Crippen molar-refractivity contribution in [1.29, 1.82) is 0 Å². The summed E-state index contributed by atoms with van der Waals surface area (Å²) < 4.78 is 0. The third kappa shape index (κ3) is 5.02. The molecule has 0 saturated carbocycles. The summed E-state index contributed by atoms with van der Waals surface area (Å²) >= 11 is 5.82. The summed E-state index contributed by atoms with van der Waals surface area (Å²) in [5.41, 5.74) is 5.41. The average Bonchev–Trinajstić information content (AvgIpc) is 2.73. The molecule has 0 atom stereocenters. The first kappa shape index (κ1) is 19.3. The number of carbonyl (C=O) groups is 2. The number of hydrogen-bond donors (Lipinski definition) is 2. The van der Waals surface area contributed by atoms with E-state index in [1.165, 1.54) is 6.20 Å². The normalized spacial score (nSPS) is 11.0. The van der Waals surface area contributed by atoms with Gasteiger partial charge in [0.05, 0.1) is 11.3 Å². The standard InChI is InChI=1S/C21H17ClN4O2/c1-14(25-26-21(28)15-7-9-18(22)10-8-15)16-4-2-6-19(12-16)24-20(27)17-5-3-11-23-13-17/h2-13H,1H3,(H,24,27)(H,26,28)/b25-14+. The number of hydrogen-bond acceptors (Lipinski definition) is 4. The van der Waals surface area contributed by atoms with Crippen LogP contribution in [-0.2, 0) is 0 Å². The van der Waals surface area contributed by atoms with Crippen molar-refractivity contribution in [3.05, 3.63) is 94.8 Å². The number of halogens is 1. The van der Waals surface area contributed by atoms with Crippen molar-refractivity contribution in [3.8, 4) is 0 Å². The molecule has 2 amide bonds. The van der Waals surface area contributed by atoms with Crippen LogP contribution in [0.25, 0.3) is 0 Å². The molecule has 2 N–H and O–H groups in total. The van der Waals surface area contributed by atoms with Crippen molar-refractivity contribution >= 4 is 34.8 Å². The Morgan fingerprint density at radius 1 is 0.929 bits per heavy atom. The van der Waals surface area contributed by atoms with Crippen LogP contribution < -0.4 is 10.7 Å². The van der Waals surface area contributed by atoms with Crippen molar-refractivity contribution in [3.63, 3.8) is 0 Å². The summed E-state index contributed by atoms with van der Waals surface area (Å²) in [6, 6.07) is 17.1. The summed E-state index contributed by atoms with van der Waals surface area (Å²) in [5.74, 6) is -0.590. The maximum atomic E-state index is 12.2. The van der Waals surface area contributed by atoms with E-state index in [9.17, 15) is 9.59 Å². The van der Waals surface area contributed by atoms with Gasteiger partial charge in [-0.05, 0) is 61.0 Å². The minimum Gasteiger partial charge on any atom is -0.322 e.